The minimum atomic E-state index is 0.0879. The molecule has 1 fully saturated rings. The smallest absolute Gasteiger partial charge is 0.243 e. The van der Waals surface area contributed by atoms with Crippen LogP contribution in [0.2, 0.25) is 0 Å². The molecule has 1 N–H and O–H groups in total. The fraction of sp³-hybridized carbons (Fsp3) is 0.700. The zero-order valence-corrected chi connectivity index (χ0v) is 9.72. The second kappa shape index (κ2) is 4.34. The number of rotatable bonds is 1. The zero-order chi connectivity index (χ0) is 9.97. The van der Waals surface area contributed by atoms with Crippen LogP contribution in [0, 0.1) is 0 Å². The molecule has 2 aliphatic rings. The Hall–Kier alpha value is -0.510. The lowest BCUT2D eigenvalue weighted by atomic mass is 9.95. The van der Waals surface area contributed by atoms with Gasteiger partial charge in [-0.15, -0.1) is 0 Å². The van der Waals surface area contributed by atoms with Crippen molar-refractivity contribution in [1.29, 1.82) is 0 Å². The third kappa shape index (κ3) is 2.29. The average molecular weight is 259 g/mol. The molecule has 14 heavy (non-hydrogen) atoms. The minimum Gasteiger partial charge on any atom is -0.289 e. The van der Waals surface area contributed by atoms with Gasteiger partial charge < -0.3 is 0 Å². The van der Waals surface area contributed by atoms with Gasteiger partial charge in [-0.25, -0.2) is 0 Å². The van der Waals surface area contributed by atoms with E-state index in [1.807, 2.05) is 11.2 Å². The fourth-order valence-corrected chi connectivity index (χ4v) is 2.60. The van der Waals surface area contributed by atoms with Crippen molar-refractivity contribution < 1.29 is 4.79 Å². The van der Waals surface area contributed by atoms with Crippen LogP contribution in [-0.4, -0.2) is 17.0 Å². The van der Waals surface area contributed by atoms with Crippen molar-refractivity contribution in [2.75, 3.05) is 0 Å². The SMILES string of the molecule is O=C1CC(Br)=CN(C2CCCCC2)N1. The molecule has 78 valence electrons. The van der Waals surface area contributed by atoms with E-state index in [-0.39, 0.29) is 5.91 Å². The standard InChI is InChI=1S/C10H15BrN2O/c11-8-6-10(14)12-13(7-8)9-4-2-1-3-5-9/h7,9H,1-6H2,(H,12,14). The molecular weight excluding hydrogens is 244 g/mol. The summed E-state index contributed by atoms with van der Waals surface area (Å²) < 4.78 is 0.979. The van der Waals surface area contributed by atoms with Crippen molar-refractivity contribution in [2.24, 2.45) is 0 Å². The highest BCUT2D eigenvalue weighted by Crippen LogP contribution is 2.25. The van der Waals surface area contributed by atoms with Crippen LogP contribution in [0.3, 0.4) is 0 Å². The Bertz CT molecular complexity index is 259. The number of amides is 1. The van der Waals surface area contributed by atoms with Gasteiger partial charge in [0.1, 0.15) is 0 Å². The van der Waals surface area contributed by atoms with Gasteiger partial charge in [-0.3, -0.25) is 15.2 Å². The molecule has 1 aliphatic carbocycles. The summed E-state index contributed by atoms with van der Waals surface area (Å²) in [4.78, 5) is 11.3. The molecule has 1 saturated carbocycles. The summed E-state index contributed by atoms with van der Waals surface area (Å²) >= 11 is 3.39. The summed E-state index contributed by atoms with van der Waals surface area (Å²) in [7, 11) is 0. The van der Waals surface area contributed by atoms with Crippen molar-refractivity contribution in [2.45, 2.75) is 44.6 Å². The van der Waals surface area contributed by atoms with Crippen LogP contribution in [0.4, 0.5) is 0 Å². The number of carbonyl (C=O) groups excluding carboxylic acids is 1. The van der Waals surface area contributed by atoms with Crippen molar-refractivity contribution in [3.8, 4) is 0 Å². The molecule has 3 nitrogen and oxygen atoms in total. The molecule has 0 saturated heterocycles. The van der Waals surface area contributed by atoms with E-state index in [4.69, 9.17) is 0 Å². The van der Waals surface area contributed by atoms with Gasteiger partial charge in [0.05, 0.1) is 6.42 Å². The molecule has 0 unspecified atom stereocenters. The van der Waals surface area contributed by atoms with E-state index in [9.17, 15) is 4.79 Å². The van der Waals surface area contributed by atoms with E-state index in [0.717, 1.165) is 4.48 Å². The zero-order valence-electron chi connectivity index (χ0n) is 8.13. The van der Waals surface area contributed by atoms with Gasteiger partial charge in [-0.05, 0) is 12.8 Å². The Kier molecular flexibility index (Phi) is 3.11. The lowest BCUT2D eigenvalue weighted by Gasteiger charge is -2.35. The summed E-state index contributed by atoms with van der Waals surface area (Å²) in [6.45, 7) is 0. The minimum absolute atomic E-state index is 0.0879. The topological polar surface area (TPSA) is 32.3 Å². The van der Waals surface area contributed by atoms with Gasteiger partial charge in [0.25, 0.3) is 0 Å². The van der Waals surface area contributed by atoms with Gasteiger partial charge in [0.2, 0.25) is 5.91 Å². The van der Waals surface area contributed by atoms with Gasteiger partial charge in [0, 0.05) is 16.7 Å². The van der Waals surface area contributed by atoms with E-state index in [1.54, 1.807) is 0 Å². The Balaban J connectivity index is 2.02. The molecule has 1 aliphatic heterocycles. The summed E-state index contributed by atoms with van der Waals surface area (Å²) in [5, 5.41) is 1.98. The number of hydrazine groups is 1. The first-order chi connectivity index (χ1) is 6.75. The number of carbonyl (C=O) groups is 1. The Morgan fingerprint density at radius 1 is 1.36 bits per heavy atom. The van der Waals surface area contributed by atoms with Crippen LogP contribution in [0.25, 0.3) is 0 Å². The highest BCUT2D eigenvalue weighted by atomic mass is 79.9. The van der Waals surface area contributed by atoms with Crippen molar-refractivity contribution in [1.82, 2.24) is 10.4 Å². The second-order valence-corrected chi connectivity index (χ2v) is 5.01. The third-order valence-corrected chi connectivity index (χ3v) is 3.32. The first-order valence-electron chi connectivity index (χ1n) is 5.20. The summed E-state index contributed by atoms with van der Waals surface area (Å²) in [6, 6.07) is 0.501. The summed E-state index contributed by atoms with van der Waals surface area (Å²) in [5.74, 6) is 0.0879. The van der Waals surface area contributed by atoms with Crippen molar-refractivity contribution in [3.05, 3.63) is 10.7 Å². The maximum atomic E-state index is 11.3. The normalized spacial score (nSPS) is 24.5. The van der Waals surface area contributed by atoms with Crippen LogP contribution >= 0.6 is 15.9 Å². The Morgan fingerprint density at radius 3 is 2.71 bits per heavy atom. The number of hydrogen-bond donors (Lipinski definition) is 1. The van der Waals surface area contributed by atoms with Gasteiger partial charge in [0.15, 0.2) is 0 Å². The van der Waals surface area contributed by atoms with Crippen LogP contribution in [0.15, 0.2) is 10.7 Å². The molecular formula is C10H15BrN2O. The average Bonchev–Trinajstić information content (AvgIpc) is 2.18. The largest absolute Gasteiger partial charge is 0.289 e. The van der Waals surface area contributed by atoms with E-state index in [0.29, 0.717) is 12.5 Å². The van der Waals surface area contributed by atoms with Crippen molar-refractivity contribution >= 4 is 21.8 Å². The monoisotopic (exact) mass is 258 g/mol. The van der Waals surface area contributed by atoms with E-state index < -0.39 is 0 Å². The second-order valence-electron chi connectivity index (χ2n) is 3.99. The molecule has 0 aromatic carbocycles. The quantitative estimate of drug-likeness (QED) is 0.783. The first kappa shape index (κ1) is 10.0. The predicted octanol–water partition coefficient (Wildman–Crippen LogP) is 2.29. The molecule has 0 bridgehead atoms. The molecule has 0 spiro atoms. The number of nitrogens with zero attached hydrogens (tertiary/aromatic N) is 1. The summed E-state index contributed by atoms with van der Waals surface area (Å²) in [5.41, 5.74) is 2.90. The summed E-state index contributed by atoms with van der Waals surface area (Å²) in [6.07, 6.45) is 8.77. The number of hydrogen-bond acceptors (Lipinski definition) is 2. The Morgan fingerprint density at radius 2 is 2.07 bits per heavy atom. The highest BCUT2D eigenvalue weighted by Gasteiger charge is 2.23. The molecule has 0 aromatic heterocycles. The highest BCUT2D eigenvalue weighted by molar-refractivity contribution is 9.11. The molecule has 0 aromatic rings. The number of nitrogens with one attached hydrogen (secondary N) is 1. The maximum absolute atomic E-state index is 11.3. The molecule has 0 radical (unpaired) electrons. The third-order valence-electron chi connectivity index (χ3n) is 2.83. The predicted molar refractivity (Wildman–Crippen MR) is 58.5 cm³/mol. The van der Waals surface area contributed by atoms with Crippen LogP contribution in [0.1, 0.15) is 38.5 Å². The first-order valence-corrected chi connectivity index (χ1v) is 5.99. The molecule has 0 atom stereocenters. The van der Waals surface area contributed by atoms with Crippen LogP contribution in [-0.2, 0) is 4.79 Å². The van der Waals surface area contributed by atoms with Crippen molar-refractivity contribution in [3.63, 3.8) is 0 Å². The number of halogens is 1. The molecule has 1 heterocycles. The van der Waals surface area contributed by atoms with Gasteiger partial charge >= 0.3 is 0 Å². The van der Waals surface area contributed by atoms with Gasteiger partial charge in [-0.1, -0.05) is 35.2 Å². The van der Waals surface area contributed by atoms with Crippen LogP contribution < -0.4 is 5.43 Å². The van der Waals surface area contributed by atoms with Gasteiger partial charge in [-0.2, -0.15) is 0 Å². The van der Waals surface area contributed by atoms with E-state index in [2.05, 4.69) is 21.4 Å². The maximum Gasteiger partial charge on any atom is 0.243 e. The molecule has 2 rings (SSSR count). The fourth-order valence-electron chi connectivity index (χ4n) is 2.12. The molecule has 4 heteroatoms. The van der Waals surface area contributed by atoms with E-state index >= 15 is 0 Å². The lowest BCUT2D eigenvalue weighted by Crippen LogP contribution is -2.48. The lowest BCUT2D eigenvalue weighted by molar-refractivity contribution is -0.126. The van der Waals surface area contributed by atoms with Crippen LogP contribution in [0.5, 0.6) is 0 Å². The van der Waals surface area contributed by atoms with E-state index in [1.165, 1.54) is 32.1 Å². The Labute approximate surface area is 92.6 Å². The molecule has 1 amide bonds.